The standard InChI is InChI=1S/C26H22N4O2S/c1-15-5-4-6-19(11-15)28-22(31)13-30-14-27-23-20-9-10-21(18-8-7-16(2)17(3)12-18)29-25(20)33-24(23)26(30)32/h4-12,14H,13H2,1-3H3,(H,28,31). The van der Waals surface area contributed by atoms with Gasteiger partial charge in [-0.2, -0.15) is 0 Å². The largest absolute Gasteiger partial charge is 0.325 e. The van der Waals surface area contributed by atoms with Crippen LogP contribution >= 0.6 is 11.3 Å². The minimum absolute atomic E-state index is 0.106. The van der Waals surface area contributed by atoms with Crippen LogP contribution < -0.4 is 10.9 Å². The Kier molecular flexibility index (Phi) is 5.26. The molecule has 0 spiro atoms. The van der Waals surface area contributed by atoms with E-state index in [0.717, 1.165) is 27.0 Å². The number of rotatable bonds is 4. The Morgan fingerprint density at radius 3 is 2.67 bits per heavy atom. The van der Waals surface area contributed by atoms with Crippen molar-refractivity contribution < 1.29 is 4.79 Å². The van der Waals surface area contributed by atoms with Crippen LogP contribution in [0.2, 0.25) is 0 Å². The second kappa shape index (κ2) is 8.26. The zero-order valence-electron chi connectivity index (χ0n) is 18.5. The number of aryl methyl sites for hydroxylation is 3. The van der Waals surface area contributed by atoms with Crippen LogP contribution in [-0.2, 0) is 11.3 Å². The van der Waals surface area contributed by atoms with Gasteiger partial charge in [0, 0.05) is 16.6 Å². The Morgan fingerprint density at radius 2 is 1.88 bits per heavy atom. The highest BCUT2D eigenvalue weighted by Gasteiger charge is 2.15. The molecule has 0 saturated carbocycles. The molecule has 0 aliphatic heterocycles. The van der Waals surface area contributed by atoms with E-state index in [1.807, 2.05) is 43.3 Å². The first kappa shape index (κ1) is 21.0. The number of aromatic nitrogens is 3. The van der Waals surface area contributed by atoms with E-state index in [2.05, 4.69) is 42.3 Å². The molecule has 0 fully saturated rings. The van der Waals surface area contributed by atoms with Gasteiger partial charge in [0.05, 0.1) is 17.5 Å². The summed E-state index contributed by atoms with van der Waals surface area (Å²) in [6, 6.07) is 17.7. The number of carbonyl (C=O) groups is 1. The van der Waals surface area contributed by atoms with Gasteiger partial charge in [0.15, 0.2) is 0 Å². The first-order chi connectivity index (χ1) is 15.9. The molecule has 0 aliphatic carbocycles. The van der Waals surface area contributed by atoms with Gasteiger partial charge in [-0.15, -0.1) is 11.3 Å². The van der Waals surface area contributed by atoms with E-state index >= 15 is 0 Å². The molecule has 0 saturated heterocycles. The predicted molar refractivity (Wildman–Crippen MR) is 134 cm³/mol. The lowest BCUT2D eigenvalue weighted by Gasteiger charge is -2.07. The van der Waals surface area contributed by atoms with Gasteiger partial charge in [0.2, 0.25) is 5.91 Å². The Bertz CT molecular complexity index is 1600. The highest BCUT2D eigenvalue weighted by molar-refractivity contribution is 7.25. The van der Waals surface area contributed by atoms with Crippen LogP contribution in [0.5, 0.6) is 0 Å². The highest BCUT2D eigenvalue weighted by Crippen LogP contribution is 2.31. The summed E-state index contributed by atoms with van der Waals surface area (Å²) in [4.78, 5) is 35.6. The molecule has 5 aromatic rings. The monoisotopic (exact) mass is 454 g/mol. The maximum absolute atomic E-state index is 13.1. The van der Waals surface area contributed by atoms with Crippen LogP contribution in [0.25, 0.3) is 31.7 Å². The summed E-state index contributed by atoms with van der Waals surface area (Å²) in [5.41, 5.74) is 6.46. The van der Waals surface area contributed by atoms with Crippen molar-refractivity contribution in [1.29, 1.82) is 0 Å². The second-order valence-electron chi connectivity index (χ2n) is 8.22. The fourth-order valence-corrected chi connectivity index (χ4v) is 4.88. The average Bonchev–Trinajstić information content (AvgIpc) is 3.16. The van der Waals surface area contributed by atoms with Crippen molar-refractivity contribution in [2.24, 2.45) is 0 Å². The second-order valence-corrected chi connectivity index (χ2v) is 9.22. The van der Waals surface area contributed by atoms with E-state index < -0.39 is 0 Å². The Balaban J connectivity index is 1.48. The lowest BCUT2D eigenvalue weighted by atomic mass is 10.0. The number of fused-ring (bicyclic) bond motifs is 3. The quantitative estimate of drug-likeness (QED) is 0.403. The van der Waals surface area contributed by atoms with Crippen molar-refractivity contribution in [3.63, 3.8) is 0 Å². The SMILES string of the molecule is Cc1cccc(NC(=O)Cn2cnc3c(sc4nc(-c5ccc(C)c(C)c5)ccc43)c2=O)c1. The van der Waals surface area contributed by atoms with Gasteiger partial charge in [-0.25, -0.2) is 9.97 Å². The Labute approximate surface area is 194 Å². The van der Waals surface area contributed by atoms with E-state index in [9.17, 15) is 9.59 Å². The molecule has 3 aromatic heterocycles. The molecule has 0 unspecified atom stereocenters. The van der Waals surface area contributed by atoms with Crippen LogP contribution in [0.1, 0.15) is 16.7 Å². The van der Waals surface area contributed by atoms with Crippen LogP contribution in [0.4, 0.5) is 5.69 Å². The zero-order chi connectivity index (χ0) is 23.1. The molecule has 0 radical (unpaired) electrons. The van der Waals surface area contributed by atoms with Crippen molar-refractivity contribution >= 4 is 43.4 Å². The molecule has 5 rings (SSSR count). The van der Waals surface area contributed by atoms with Crippen molar-refractivity contribution in [1.82, 2.24) is 14.5 Å². The molecule has 2 aromatic carbocycles. The first-order valence-corrected chi connectivity index (χ1v) is 11.4. The summed E-state index contributed by atoms with van der Waals surface area (Å²) >= 11 is 1.31. The van der Waals surface area contributed by atoms with E-state index in [-0.39, 0.29) is 18.0 Å². The minimum atomic E-state index is -0.278. The number of anilines is 1. The third kappa shape index (κ3) is 4.03. The molecule has 0 aliphatic rings. The summed E-state index contributed by atoms with van der Waals surface area (Å²) < 4.78 is 1.84. The van der Waals surface area contributed by atoms with Crippen molar-refractivity contribution in [3.8, 4) is 11.3 Å². The molecule has 33 heavy (non-hydrogen) atoms. The van der Waals surface area contributed by atoms with E-state index in [1.165, 1.54) is 33.4 Å². The van der Waals surface area contributed by atoms with Crippen LogP contribution in [0, 0.1) is 20.8 Å². The van der Waals surface area contributed by atoms with Crippen molar-refractivity contribution in [3.05, 3.63) is 88.0 Å². The van der Waals surface area contributed by atoms with Crippen LogP contribution in [-0.4, -0.2) is 20.4 Å². The lowest BCUT2D eigenvalue weighted by molar-refractivity contribution is -0.116. The van der Waals surface area contributed by atoms with Gasteiger partial charge in [-0.3, -0.25) is 14.2 Å². The fraction of sp³-hybridized carbons (Fsp3) is 0.154. The maximum atomic E-state index is 13.1. The highest BCUT2D eigenvalue weighted by atomic mass is 32.1. The van der Waals surface area contributed by atoms with Gasteiger partial charge in [-0.1, -0.05) is 24.3 Å². The molecule has 1 amide bonds. The average molecular weight is 455 g/mol. The van der Waals surface area contributed by atoms with E-state index in [0.29, 0.717) is 15.9 Å². The number of carbonyl (C=O) groups excluding carboxylic acids is 1. The number of pyridine rings is 1. The molecular weight excluding hydrogens is 432 g/mol. The molecule has 7 heteroatoms. The summed E-state index contributed by atoms with van der Waals surface area (Å²) in [5, 5.41) is 3.68. The third-order valence-corrected chi connectivity index (χ3v) is 6.81. The van der Waals surface area contributed by atoms with Gasteiger partial charge in [0.25, 0.3) is 5.56 Å². The number of nitrogens with zero attached hydrogens (tertiary/aromatic N) is 3. The normalized spacial score (nSPS) is 11.2. The number of benzene rings is 2. The number of amides is 1. The van der Waals surface area contributed by atoms with Crippen LogP contribution in [0.3, 0.4) is 0 Å². The number of hydrogen-bond acceptors (Lipinski definition) is 5. The summed E-state index contributed by atoms with van der Waals surface area (Å²) in [6.45, 7) is 6.02. The minimum Gasteiger partial charge on any atom is -0.325 e. The summed E-state index contributed by atoms with van der Waals surface area (Å²) in [7, 11) is 0. The van der Waals surface area contributed by atoms with Gasteiger partial charge in [-0.05, 0) is 67.8 Å². The summed E-state index contributed by atoms with van der Waals surface area (Å²) in [5.74, 6) is -0.278. The fourth-order valence-electron chi connectivity index (χ4n) is 3.80. The molecule has 0 bridgehead atoms. The Hall–Kier alpha value is -3.84. The topological polar surface area (TPSA) is 76.9 Å². The zero-order valence-corrected chi connectivity index (χ0v) is 19.4. The van der Waals surface area contributed by atoms with E-state index in [1.54, 1.807) is 0 Å². The van der Waals surface area contributed by atoms with Gasteiger partial charge >= 0.3 is 0 Å². The summed E-state index contributed by atoms with van der Waals surface area (Å²) in [6.07, 6.45) is 1.43. The number of nitrogens with one attached hydrogen (secondary N) is 1. The van der Waals surface area contributed by atoms with Gasteiger partial charge < -0.3 is 5.32 Å². The number of hydrogen-bond donors (Lipinski definition) is 1. The van der Waals surface area contributed by atoms with Gasteiger partial charge in [0.1, 0.15) is 16.1 Å². The van der Waals surface area contributed by atoms with Crippen molar-refractivity contribution in [2.75, 3.05) is 5.32 Å². The molecule has 164 valence electrons. The molecule has 1 N–H and O–H groups in total. The smallest absolute Gasteiger partial charge is 0.271 e. The molecule has 6 nitrogen and oxygen atoms in total. The lowest BCUT2D eigenvalue weighted by Crippen LogP contribution is -2.27. The van der Waals surface area contributed by atoms with E-state index in [4.69, 9.17) is 4.98 Å². The Morgan fingerprint density at radius 1 is 1.03 bits per heavy atom. The predicted octanol–water partition coefficient (Wildman–Crippen LogP) is 5.24. The third-order valence-electron chi connectivity index (χ3n) is 5.73. The first-order valence-electron chi connectivity index (χ1n) is 10.6. The molecule has 3 heterocycles. The molecular formula is C26H22N4O2S. The maximum Gasteiger partial charge on any atom is 0.271 e. The van der Waals surface area contributed by atoms with Crippen LogP contribution in [0.15, 0.2) is 65.7 Å². The molecule has 0 atom stereocenters. The van der Waals surface area contributed by atoms with Crippen molar-refractivity contribution in [2.45, 2.75) is 27.3 Å². The number of thiophene rings is 1.